The lowest BCUT2D eigenvalue weighted by molar-refractivity contribution is -0.124. The van der Waals surface area contributed by atoms with Crippen LogP contribution < -0.4 is 5.32 Å². The molecule has 47 valence electrons. The Labute approximate surface area is 52.7 Å². The van der Waals surface area contributed by atoms with Crippen LogP contribution in [-0.4, -0.2) is 11.8 Å². The van der Waals surface area contributed by atoms with Crippen LogP contribution in [0, 0.1) is 0 Å². The first-order valence-electron chi connectivity index (χ1n) is 2.61. The molecular formula is C6H6NO2. The van der Waals surface area contributed by atoms with E-state index in [0.29, 0.717) is 11.1 Å². The molecule has 9 heavy (non-hydrogen) atoms. The lowest BCUT2D eigenvalue weighted by Crippen LogP contribution is -2.13. The van der Waals surface area contributed by atoms with Gasteiger partial charge in [-0.3, -0.25) is 9.59 Å². The van der Waals surface area contributed by atoms with Gasteiger partial charge < -0.3 is 0 Å². The minimum absolute atomic E-state index is 0.391. The SMILES string of the molecule is CC1=C(C)C(=O)[N]C1=O. The van der Waals surface area contributed by atoms with E-state index in [4.69, 9.17) is 0 Å². The van der Waals surface area contributed by atoms with Gasteiger partial charge in [-0.2, -0.15) is 5.32 Å². The summed E-state index contributed by atoms with van der Waals surface area (Å²) in [5.74, 6) is -0.782. The molecule has 1 aliphatic rings. The van der Waals surface area contributed by atoms with Crippen molar-refractivity contribution in [2.45, 2.75) is 13.8 Å². The highest BCUT2D eigenvalue weighted by Gasteiger charge is 2.24. The number of hydrogen-bond acceptors (Lipinski definition) is 2. The van der Waals surface area contributed by atoms with Gasteiger partial charge in [0.1, 0.15) is 0 Å². The molecule has 0 N–H and O–H groups in total. The van der Waals surface area contributed by atoms with Crippen molar-refractivity contribution in [2.24, 2.45) is 0 Å². The molecule has 0 saturated carbocycles. The second kappa shape index (κ2) is 1.69. The Morgan fingerprint density at radius 2 is 1.33 bits per heavy atom. The molecule has 0 bridgehead atoms. The Kier molecular flexibility index (Phi) is 1.12. The maximum atomic E-state index is 10.5. The lowest BCUT2D eigenvalue weighted by Gasteiger charge is -1.81. The van der Waals surface area contributed by atoms with Crippen LogP contribution in [0.3, 0.4) is 0 Å². The molecule has 0 aromatic heterocycles. The third kappa shape index (κ3) is 0.740. The summed E-state index contributed by atoms with van der Waals surface area (Å²) in [7, 11) is 0. The van der Waals surface area contributed by atoms with Crippen molar-refractivity contribution < 1.29 is 9.59 Å². The van der Waals surface area contributed by atoms with Crippen LogP contribution in [0.5, 0.6) is 0 Å². The fourth-order valence-corrected chi connectivity index (χ4v) is 0.581. The molecule has 2 amide bonds. The van der Waals surface area contributed by atoms with Gasteiger partial charge in [-0.15, -0.1) is 0 Å². The van der Waals surface area contributed by atoms with E-state index in [2.05, 4.69) is 5.32 Å². The summed E-state index contributed by atoms with van der Waals surface area (Å²) in [5, 5.41) is 3.20. The molecule has 3 heteroatoms. The molecule has 0 aromatic rings. The van der Waals surface area contributed by atoms with Gasteiger partial charge in [0.25, 0.3) is 11.8 Å². The first-order valence-corrected chi connectivity index (χ1v) is 2.61. The van der Waals surface area contributed by atoms with Gasteiger partial charge in [0.2, 0.25) is 0 Å². The van der Waals surface area contributed by atoms with Crippen LogP contribution in [0.25, 0.3) is 0 Å². The Morgan fingerprint density at radius 1 is 1.00 bits per heavy atom. The van der Waals surface area contributed by atoms with Gasteiger partial charge in [-0.25, -0.2) is 0 Å². The Balaban J connectivity index is 3.06. The fraction of sp³-hybridized carbons (Fsp3) is 0.333. The van der Waals surface area contributed by atoms with Crippen molar-refractivity contribution in [1.29, 1.82) is 0 Å². The zero-order chi connectivity index (χ0) is 7.02. The van der Waals surface area contributed by atoms with E-state index in [1.807, 2.05) is 0 Å². The van der Waals surface area contributed by atoms with Crippen molar-refractivity contribution in [1.82, 2.24) is 5.32 Å². The molecule has 0 unspecified atom stereocenters. The summed E-state index contributed by atoms with van der Waals surface area (Å²) in [6.45, 7) is 3.21. The molecule has 0 fully saturated rings. The lowest BCUT2D eigenvalue weighted by atomic mass is 10.2. The van der Waals surface area contributed by atoms with E-state index in [9.17, 15) is 9.59 Å². The number of rotatable bonds is 0. The maximum Gasteiger partial charge on any atom is 0.276 e. The monoisotopic (exact) mass is 124 g/mol. The van der Waals surface area contributed by atoms with Crippen LogP contribution in [0.4, 0.5) is 0 Å². The van der Waals surface area contributed by atoms with Gasteiger partial charge in [0, 0.05) is 11.1 Å². The second-order valence-electron chi connectivity index (χ2n) is 1.97. The standard InChI is InChI=1S/C6H6NO2/c1-3-4(2)6(9)7-5(3)8/h1-2H3. The van der Waals surface area contributed by atoms with E-state index in [-0.39, 0.29) is 0 Å². The van der Waals surface area contributed by atoms with Crippen molar-refractivity contribution in [2.75, 3.05) is 0 Å². The summed E-state index contributed by atoms with van der Waals surface area (Å²) < 4.78 is 0. The molecule has 0 spiro atoms. The number of carbonyl (C=O) groups excluding carboxylic acids is 2. The minimum Gasteiger partial charge on any atom is -0.267 e. The van der Waals surface area contributed by atoms with Crippen molar-refractivity contribution >= 4 is 11.8 Å². The molecular weight excluding hydrogens is 118 g/mol. The summed E-state index contributed by atoms with van der Waals surface area (Å²) >= 11 is 0. The minimum atomic E-state index is -0.391. The summed E-state index contributed by atoms with van der Waals surface area (Å²) in [6, 6.07) is 0. The Hall–Kier alpha value is -1.12. The Morgan fingerprint density at radius 3 is 1.44 bits per heavy atom. The molecule has 1 radical (unpaired) electrons. The van der Waals surface area contributed by atoms with E-state index < -0.39 is 11.8 Å². The summed E-state index contributed by atoms with van der Waals surface area (Å²) in [4.78, 5) is 21.1. The number of hydrogen-bond donors (Lipinski definition) is 0. The molecule has 1 rings (SSSR count). The van der Waals surface area contributed by atoms with E-state index in [1.54, 1.807) is 13.8 Å². The molecule has 0 atom stereocenters. The molecule has 0 saturated heterocycles. The molecule has 1 heterocycles. The average molecular weight is 124 g/mol. The molecule has 1 aliphatic heterocycles. The van der Waals surface area contributed by atoms with Crippen molar-refractivity contribution in [3.8, 4) is 0 Å². The maximum absolute atomic E-state index is 10.5. The first-order chi connectivity index (χ1) is 4.13. The third-order valence-corrected chi connectivity index (χ3v) is 1.41. The number of imide groups is 1. The van der Waals surface area contributed by atoms with Gasteiger partial charge >= 0.3 is 0 Å². The smallest absolute Gasteiger partial charge is 0.267 e. The predicted molar refractivity (Wildman–Crippen MR) is 30.5 cm³/mol. The number of amides is 2. The van der Waals surface area contributed by atoms with E-state index >= 15 is 0 Å². The van der Waals surface area contributed by atoms with Gasteiger partial charge in [-0.05, 0) is 13.8 Å². The zero-order valence-corrected chi connectivity index (χ0v) is 5.26. The summed E-state index contributed by atoms with van der Waals surface area (Å²) in [5.41, 5.74) is 0.944. The Bertz CT molecular complexity index is 193. The molecule has 3 nitrogen and oxygen atoms in total. The van der Waals surface area contributed by atoms with Crippen LogP contribution in [0.15, 0.2) is 11.1 Å². The molecule has 0 aliphatic carbocycles. The van der Waals surface area contributed by atoms with Crippen LogP contribution in [-0.2, 0) is 9.59 Å². The summed E-state index contributed by atoms with van der Waals surface area (Å²) in [6.07, 6.45) is 0. The van der Waals surface area contributed by atoms with Gasteiger partial charge in [-0.1, -0.05) is 0 Å². The zero-order valence-electron chi connectivity index (χ0n) is 5.26. The highest BCUT2D eigenvalue weighted by atomic mass is 16.2. The third-order valence-electron chi connectivity index (χ3n) is 1.41. The highest BCUT2D eigenvalue weighted by molar-refractivity contribution is 6.18. The highest BCUT2D eigenvalue weighted by Crippen LogP contribution is 2.10. The number of carbonyl (C=O) groups is 2. The number of nitrogens with zero attached hydrogens (tertiary/aromatic N) is 1. The largest absolute Gasteiger partial charge is 0.276 e. The quantitative estimate of drug-likeness (QED) is 0.426. The average Bonchev–Trinajstić information content (AvgIpc) is 1.98. The van der Waals surface area contributed by atoms with Crippen LogP contribution in [0.2, 0.25) is 0 Å². The van der Waals surface area contributed by atoms with E-state index in [0.717, 1.165) is 0 Å². The predicted octanol–water partition coefficient (Wildman–Crippen LogP) is -0.00600. The van der Waals surface area contributed by atoms with Crippen molar-refractivity contribution in [3.05, 3.63) is 11.1 Å². The van der Waals surface area contributed by atoms with Crippen molar-refractivity contribution in [3.63, 3.8) is 0 Å². The fourth-order valence-electron chi connectivity index (χ4n) is 0.581. The van der Waals surface area contributed by atoms with Gasteiger partial charge in [0.05, 0.1) is 0 Å². The first kappa shape index (κ1) is 6.01. The van der Waals surface area contributed by atoms with Crippen LogP contribution >= 0.6 is 0 Å². The second-order valence-corrected chi connectivity index (χ2v) is 1.97. The van der Waals surface area contributed by atoms with Gasteiger partial charge in [0.15, 0.2) is 0 Å². The van der Waals surface area contributed by atoms with E-state index in [1.165, 1.54) is 0 Å². The normalized spacial score (nSPS) is 18.9. The molecule has 0 aromatic carbocycles. The topological polar surface area (TPSA) is 48.2 Å². The van der Waals surface area contributed by atoms with Crippen LogP contribution in [0.1, 0.15) is 13.8 Å².